The number of esters is 2. The molecule has 7 heteroatoms. The van der Waals surface area contributed by atoms with Gasteiger partial charge in [-0.05, 0) is 18.2 Å². The van der Waals surface area contributed by atoms with E-state index < -0.39 is 30.0 Å². The molecule has 0 atom stereocenters. The van der Waals surface area contributed by atoms with Crippen molar-refractivity contribution in [2.75, 3.05) is 20.3 Å². The second-order valence-corrected chi connectivity index (χ2v) is 4.01. The highest BCUT2D eigenvalue weighted by molar-refractivity contribution is 6.07. The molecule has 0 fully saturated rings. The molecule has 0 N–H and O–H groups in total. The van der Waals surface area contributed by atoms with Crippen LogP contribution in [0.4, 0.5) is 4.39 Å². The molecule has 0 radical (unpaired) electrons. The van der Waals surface area contributed by atoms with Gasteiger partial charge in [0.2, 0.25) is 0 Å². The van der Waals surface area contributed by atoms with Crippen LogP contribution in [0.5, 0.6) is 5.75 Å². The Hall–Kier alpha value is -2.44. The van der Waals surface area contributed by atoms with E-state index in [1.807, 2.05) is 0 Å². The monoisotopic (exact) mass is 298 g/mol. The van der Waals surface area contributed by atoms with Crippen LogP contribution in [-0.4, -0.2) is 38.0 Å². The summed E-state index contributed by atoms with van der Waals surface area (Å²) in [5, 5.41) is 0. The van der Waals surface area contributed by atoms with Gasteiger partial charge in [-0.25, -0.2) is 4.39 Å². The fourth-order valence-electron chi connectivity index (χ4n) is 1.48. The summed E-state index contributed by atoms with van der Waals surface area (Å²) >= 11 is 0. The van der Waals surface area contributed by atoms with E-state index in [2.05, 4.69) is 9.47 Å². The second kappa shape index (κ2) is 7.98. The van der Waals surface area contributed by atoms with Gasteiger partial charge in [-0.3, -0.25) is 14.4 Å². The molecule has 0 bridgehead atoms. The Morgan fingerprint density at radius 3 is 2.52 bits per heavy atom. The Bertz CT molecular complexity index is 540. The molecule has 0 saturated carbocycles. The van der Waals surface area contributed by atoms with Gasteiger partial charge in [-0.1, -0.05) is 0 Å². The molecule has 21 heavy (non-hydrogen) atoms. The number of benzene rings is 1. The number of ether oxygens (including phenoxy) is 3. The van der Waals surface area contributed by atoms with Crippen molar-refractivity contribution in [3.63, 3.8) is 0 Å². The quantitative estimate of drug-likeness (QED) is 0.328. The minimum atomic E-state index is -0.727. The molecular formula is C14H15FO6. The number of rotatable bonds is 7. The summed E-state index contributed by atoms with van der Waals surface area (Å²) in [7, 11) is 1.15. The summed E-state index contributed by atoms with van der Waals surface area (Å²) in [4.78, 5) is 33.6. The Morgan fingerprint density at radius 2 is 1.90 bits per heavy atom. The minimum Gasteiger partial charge on any atom is -0.489 e. The van der Waals surface area contributed by atoms with Crippen LogP contribution in [-0.2, 0) is 19.1 Å². The van der Waals surface area contributed by atoms with Crippen LogP contribution in [0.3, 0.4) is 0 Å². The van der Waals surface area contributed by atoms with Gasteiger partial charge >= 0.3 is 11.9 Å². The maximum Gasteiger partial charge on any atom is 0.313 e. The summed E-state index contributed by atoms with van der Waals surface area (Å²) in [6.45, 7) is 1.25. The SMILES string of the molecule is COC(=O)CC(=O)c1cc(F)ccc1OCCOC(C)=O. The molecule has 0 aromatic heterocycles. The van der Waals surface area contributed by atoms with Crippen LogP contribution in [0.25, 0.3) is 0 Å². The third-order valence-corrected chi connectivity index (χ3v) is 2.42. The fourth-order valence-corrected chi connectivity index (χ4v) is 1.48. The first-order valence-corrected chi connectivity index (χ1v) is 6.09. The predicted molar refractivity (Wildman–Crippen MR) is 69.5 cm³/mol. The number of carbonyl (C=O) groups excluding carboxylic acids is 3. The molecule has 114 valence electrons. The normalized spacial score (nSPS) is 9.86. The van der Waals surface area contributed by atoms with Gasteiger partial charge in [-0.15, -0.1) is 0 Å². The summed E-state index contributed by atoms with van der Waals surface area (Å²) < 4.78 is 27.5. The maximum absolute atomic E-state index is 13.2. The molecule has 1 aromatic carbocycles. The number of ketones is 1. The molecule has 0 spiro atoms. The van der Waals surface area contributed by atoms with E-state index in [-0.39, 0.29) is 24.5 Å². The van der Waals surface area contributed by atoms with E-state index in [1.54, 1.807) is 0 Å². The molecule has 0 aliphatic carbocycles. The van der Waals surface area contributed by atoms with Crippen molar-refractivity contribution in [3.8, 4) is 5.75 Å². The average Bonchev–Trinajstić information content (AvgIpc) is 2.44. The van der Waals surface area contributed by atoms with Crippen molar-refractivity contribution in [2.24, 2.45) is 0 Å². The highest BCUT2D eigenvalue weighted by Gasteiger charge is 2.17. The minimum absolute atomic E-state index is 0.00264. The van der Waals surface area contributed by atoms with E-state index in [0.717, 1.165) is 19.2 Å². The first kappa shape index (κ1) is 16.6. The molecular weight excluding hydrogens is 283 g/mol. The zero-order valence-electron chi connectivity index (χ0n) is 11.7. The lowest BCUT2D eigenvalue weighted by Gasteiger charge is -2.10. The first-order chi connectivity index (χ1) is 9.93. The zero-order valence-corrected chi connectivity index (χ0v) is 11.7. The van der Waals surface area contributed by atoms with E-state index in [1.165, 1.54) is 13.0 Å². The highest BCUT2D eigenvalue weighted by Crippen LogP contribution is 2.21. The Labute approximate surface area is 120 Å². The molecule has 0 amide bonds. The van der Waals surface area contributed by atoms with Gasteiger partial charge in [0.05, 0.1) is 12.7 Å². The zero-order chi connectivity index (χ0) is 15.8. The second-order valence-electron chi connectivity index (χ2n) is 4.01. The van der Waals surface area contributed by atoms with Crippen molar-refractivity contribution < 1.29 is 33.0 Å². The lowest BCUT2D eigenvalue weighted by atomic mass is 10.1. The lowest BCUT2D eigenvalue weighted by Crippen LogP contribution is -2.14. The van der Waals surface area contributed by atoms with Crippen molar-refractivity contribution in [2.45, 2.75) is 13.3 Å². The number of Topliss-reactive ketones (excluding diaryl/α,β-unsaturated/α-hetero) is 1. The largest absolute Gasteiger partial charge is 0.489 e. The van der Waals surface area contributed by atoms with Crippen LogP contribution in [0.1, 0.15) is 23.7 Å². The predicted octanol–water partition coefficient (Wildman–Crippen LogP) is 1.51. The van der Waals surface area contributed by atoms with Crippen LogP contribution in [0.15, 0.2) is 18.2 Å². The van der Waals surface area contributed by atoms with Crippen molar-refractivity contribution >= 4 is 17.7 Å². The van der Waals surface area contributed by atoms with E-state index >= 15 is 0 Å². The van der Waals surface area contributed by atoms with Gasteiger partial charge in [0.1, 0.15) is 31.2 Å². The summed E-state index contributed by atoms with van der Waals surface area (Å²) in [6, 6.07) is 3.37. The van der Waals surface area contributed by atoms with Gasteiger partial charge < -0.3 is 14.2 Å². The molecule has 0 heterocycles. The van der Waals surface area contributed by atoms with Gasteiger partial charge in [-0.2, -0.15) is 0 Å². The van der Waals surface area contributed by atoms with Crippen LogP contribution >= 0.6 is 0 Å². The van der Waals surface area contributed by atoms with Crippen LogP contribution < -0.4 is 4.74 Å². The smallest absolute Gasteiger partial charge is 0.313 e. The standard InChI is InChI=1S/C14H15FO6/c1-9(16)20-5-6-21-13-4-3-10(15)7-11(13)12(17)8-14(18)19-2/h3-4,7H,5-6,8H2,1-2H3. The topological polar surface area (TPSA) is 78.9 Å². The molecule has 6 nitrogen and oxygen atoms in total. The number of carbonyl (C=O) groups is 3. The van der Waals surface area contributed by atoms with Gasteiger partial charge in [0.15, 0.2) is 5.78 Å². The van der Waals surface area contributed by atoms with Crippen molar-refractivity contribution in [3.05, 3.63) is 29.6 Å². The Balaban J connectivity index is 2.77. The summed E-state index contributed by atoms with van der Waals surface area (Å²) in [5.74, 6) is -2.33. The van der Waals surface area contributed by atoms with Crippen molar-refractivity contribution in [1.82, 2.24) is 0 Å². The third-order valence-electron chi connectivity index (χ3n) is 2.42. The molecule has 0 unspecified atom stereocenters. The number of methoxy groups -OCH3 is 1. The van der Waals surface area contributed by atoms with Gasteiger partial charge in [0, 0.05) is 6.92 Å². The maximum atomic E-state index is 13.2. The molecule has 0 aliphatic heterocycles. The van der Waals surface area contributed by atoms with Gasteiger partial charge in [0.25, 0.3) is 0 Å². The first-order valence-electron chi connectivity index (χ1n) is 6.09. The molecule has 1 aromatic rings. The van der Waals surface area contributed by atoms with E-state index in [4.69, 9.17) is 4.74 Å². The van der Waals surface area contributed by atoms with Crippen LogP contribution in [0, 0.1) is 5.82 Å². The van der Waals surface area contributed by atoms with Crippen LogP contribution in [0.2, 0.25) is 0 Å². The summed E-state index contributed by atoms with van der Waals surface area (Å²) in [5.41, 5.74) is -0.0665. The van der Waals surface area contributed by atoms with E-state index in [9.17, 15) is 18.8 Å². The Kier molecular flexibility index (Phi) is 6.32. The average molecular weight is 298 g/mol. The fraction of sp³-hybridized carbons (Fsp3) is 0.357. The molecule has 0 saturated heterocycles. The van der Waals surface area contributed by atoms with E-state index in [0.29, 0.717) is 0 Å². The Morgan fingerprint density at radius 1 is 1.19 bits per heavy atom. The lowest BCUT2D eigenvalue weighted by molar-refractivity contribution is -0.142. The highest BCUT2D eigenvalue weighted by atomic mass is 19.1. The number of hydrogen-bond donors (Lipinski definition) is 0. The summed E-state index contributed by atoms with van der Waals surface area (Å²) in [6.07, 6.45) is -0.514. The number of hydrogen-bond acceptors (Lipinski definition) is 6. The molecule has 1 rings (SSSR count). The van der Waals surface area contributed by atoms with Crippen molar-refractivity contribution in [1.29, 1.82) is 0 Å². The molecule has 0 aliphatic rings. The third kappa shape index (κ3) is 5.60. The number of halogens is 1.